The van der Waals surface area contributed by atoms with Gasteiger partial charge in [-0.25, -0.2) is 0 Å². The van der Waals surface area contributed by atoms with E-state index in [0.717, 1.165) is 35.9 Å². The largest absolute Gasteiger partial charge is 0.504 e. The van der Waals surface area contributed by atoms with E-state index in [2.05, 4.69) is 11.1 Å². The Morgan fingerprint density at radius 2 is 1.96 bits per heavy atom. The quantitative estimate of drug-likeness (QED) is 0.299. The van der Waals surface area contributed by atoms with Gasteiger partial charge in [0.15, 0.2) is 11.5 Å². The van der Waals surface area contributed by atoms with Crippen LogP contribution in [-0.2, 0) is 0 Å². The van der Waals surface area contributed by atoms with Crippen molar-refractivity contribution in [2.75, 3.05) is 7.11 Å². The molecule has 0 aliphatic heterocycles. The highest BCUT2D eigenvalue weighted by Gasteiger charge is 2.14. The molecule has 2 aromatic carbocycles. The van der Waals surface area contributed by atoms with Gasteiger partial charge in [-0.15, -0.1) is 0 Å². The predicted octanol–water partition coefficient (Wildman–Crippen LogP) is 5.69. The molecule has 0 fully saturated rings. The number of hydrogen-bond acceptors (Lipinski definition) is 4. The van der Waals surface area contributed by atoms with E-state index in [4.69, 9.17) is 4.74 Å². The number of rotatable bonds is 8. The fraction of sp³-hybridized carbons (Fsp3) is 0.182. The molecule has 0 aliphatic rings. The second-order valence-corrected chi connectivity index (χ2v) is 6.37. The van der Waals surface area contributed by atoms with Crippen LogP contribution in [0.2, 0.25) is 0 Å². The minimum atomic E-state index is -0.352. The van der Waals surface area contributed by atoms with Crippen molar-refractivity contribution in [1.29, 1.82) is 0 Å². The average molecular weight is 378 g/mol. The summed E-state index contributed by atoms with van der Waals surface area (Å²) in [6, 6.07) is 10.3. The summed E-state index contributed by atoms with van der Waals surface area (Å²) >= 11 is 0. The molecule has 0 spiro atoms. The van der Waals surface area contributed by atoms with Crippen LogP contribution in [0.3, 0.4) is 0 Å². The molecule has 3 aromatic rings. The van der Waals surface area contributed by atoms with Gasteiger partial charge in [0.2, 0.25) is 0 Å². The van der Waals surface area contributed by atoms with Gasteiger partial charge in [0.05, 0.1) is 22.9 Å². The number of nitro benzene ring substituents is 1. The molecule has 0 bridgehead atoms. The van der Waals surface area contributed by atoms with Crippen molar-refractivity contribution in [3.63, 3.8) is 0 Å². The summed E-state index contributed by atoms with van der Waals surface area (Å²) in [5, 5.41) is 21.6. The number of H-pyrrole nitrogens is 1. The number of benzene rings is 2. The minimum absolute atomic E-state index is 0.115. The van der Waals surface area contributed by atoms with Crippen molar-refractivity contribution < 1.29 is 14.8 Å². The number of nitrogens with one attached hydrogen (secondary N) is 1. The molecule has 0 saturated carbocycles. The lowest BCUT2D eigenvalue weighted by Crippen LogP contribution is -1.88. The zero-order valence-electron chi connectivity index (χ0n) is 15.6. The smallest absolute Gasteiger partial charge is 0.279 e. The van der Waals surface area contributed by atoms with Crippen LogP contribution in [0.15, 0.2) is 54.7 Å². The van der Waals surface area contributed by atoms with E-state index >= 15 is 0 Å². The van der Waals surface area contributed by atoms with E-state index in [-0.39, 0.29) is 16.4 Å². The summed E-state index contributed by atoms with van der Waals surface area (Å²) < 4.78 is 5.03. The number of aromatic amines is 1. The van der Waals surface area contributed by atoms with Crippen LogP contribution in [0.5, 0.6) is 11.5 Å². The third-order valence-electron chi connectivity index (χ3n) is 4.46. The molecule has 28 heavy (non-hydrogen) atoms. The third kappa shape index (κ3) is 4.40. The monoisotopic (exact) mass is 378 g/mol. The van der Waals surface area contributed by atoms with Crippen LogP contribution in [0.4, 0.5) is 5.69 Å². The molecule has 0 aliphatic carbocycles. The Labute approximate surface area is 162 Å². The molecule has 2 N–H and O–H groups in total. The van der Waals surface area contributed by atoms with Crippen molar-refractivity contribution in [1.82, 2.24) is 4.98 Å². The maximum atomic E-state index is 11.2. The number of allylic oxidation sites excluding steroid dienone is 2. The molecular weight excluding hydrogens is 356 g/mol. The van der Waals surface area contributed by atoms with E-state index < -0.39 is 0 Å². The summed E-state index contributed by atoms with van der Waals surface area (Å²) in [6.45, 7) is 0. The Hall–Kier alpha value is -3.54. The lowest BCUT2D eigenvalue weighted by molar-refractivity contribution is -0.383. The second kappa shape index (κ2) is 8.90. The molecular formula is C22H22N2O4. The number of fused-ring (bicyclic) bond motifs is 1. The molecule has 1 heterocycles. The van der Waals surface area contributed by atoms with Crippen LogP contribution in [0.1, 0.15) is 30.4 Å². The number of phenols is 1. The molecule has 0 saturated heterocycles. The van der Waals surface area contributed by atoms with Gasteiger partial charge in [-0.05, 0) is 43.0 Å². The Balaban J connectivity index is 1.54. The SMILES string of the molecule is COc1ccc(/C=C/CCC/C=C/c2c[nH]c3cccc([N+](=O)[O-])c23)cc1O. The van der Waals surface area contributed by atoms with Gasteiger partial charge in [0, 0.05) is 17.8 Å². The first kappa shape index (κ1) is 19.2. The summed E-state index contributed by atoms with van der Waals surface area (Å²) in [5.41, 5.74) is 2.62. The normalized spacial score (nSPS) is 11.6. The molecule has 0 unspecified atom stereocenters. The third-order valence-corrected chi connectivity index (χ3v) is 4.46. The van der Waals surface area contributed by atoms with Crippen LogP contribution < -0.4 is 4.74 Å². The highest BCUT2D eigenvalue weighted by atomic mass is 16.6. The zero-order chi connectivity index (χ0) is 19.9. The number of unbranched alkanes of at least 4 members (excludes halogenated alkanes) is 2. The average Bonchev–Trinajstić information content (AvgIpc) is 3.10. The van der Waals surface area contributed by atoms with Crippen molar-refractivity contribution >= 4 is 28.7 Å². The Kier molecular flexibility index (Phi) is 6.11. The maximum Gasteiger partial charge on any atom is 0.279 e. The van der Waals surface area contributed by atoms with E-state index in [0.29, 0.717) is 11.1 Å². The van der Waals surface area contributed by atoms with Crippen LogP contribution >= 0.6 is 0 Å². The van der Waals surface area contributed by atoms with E-state index in [1.807, 2.05) is 30.4 Å². The highest BCUT2D eigenvalue weighted by molar-refractivity contribution is 5.96. The highest BCUT2D eigenvalue weighted by Crippen LogP contribution is 2.29. The Morgan fingerprint density at radius 1 is 1.18 bits per heavy atom. The molecule has 0 atom stereocenters. The van der Waals surface area contributed by atoms with Crippen LogP contribution in [-0.4, -0.2) is 22.1 Å². The number of hydrogen-bond donors (Lipinski definition) is 2. The molecule has 6 heteroatoms. The standard InChI is InChI=1S/C22H22N2O4/c1-28-21-13-12-16(14-20(21)25)8-5-3-2-4-6-9-17-15-23-18-10-7-11-19(22(17)18)24(26)27/h5-15,23,25H,2-4H2,1H3/b8-5+,9-6+. The van der Waals surface area contributed by atoms with E-state index in [1.54, 1.807) is 24.4 Å². The summed E-state index contributed by atoms with van der Waals surface area (Å²) in [5.74, 6) is 0.584. The number of nitrogens with zero attached hydrogens (tertiary/aromatic N) is 1. The van der Waals surface area contributed by atoms with Crippen LogP contribution in [0, 0.1) is 10.1 Å². The number of aromatic hydroxyl groups is 1. The summed E-state index contributed by atoms with van der Waals surface area (Å²) in [4.78, 5) is 14.0. The first-order valence-corrected chi connectivity index (χ1v) is 9.04. The number of ether oxygens (including phenoxy) is 1. The van der Waals surface area contributed by atoms with Gasteiger partial charge < -0.3 is 14.8 Å². The molecule has 0 radical (unpaired) electrons. The van der Waals surface area contributed by atoms with Gasteiger partial charge in [0.25, 0.3) is 5.69 Å². The topological polar surface area (TPSA) is 88.4 Å². The Morgan fingerprint density at radius 3 is 2.68 bits per heavy atom. The molecule has 1 aromatic heterocycles. The van der Waals surface area contributed by atoms with Crippen molar-refractivity contribution in [2.45, 2.75) is 19.3 Å². The molecule has 144 valence electrons. The Bertz CT molecular complexity index is 1030. The van der Waals surface area contributed by atoms with Gasteiger partial charge >= 0.3 is 0 Å². The lowest BCUT2D eigenvalue weighted by atomic mass is 10.1. The van der Waals surface area contributed by atoms with Gasteiger partial charge in [0.1, 0.15) is 0 Å². The van der Waals surface area contributed by atoms with Crippen molar-refractivity contribution in [3.8, 4) is 11.5 Å². The number of non-ortho nitro benzene ring substituents is 1. The van der Waals surface area contributed by atoms with Gasteiger partial charge in [-0.3, -0.25) is 10.1 Å². The van der Waals surface area contributed by atoms with Crippen molar-refractivity contribution in [2.24, 2.45) is 0 Å². The molecule has 3 rings (SSSR count). The summed E-state index contributed by atoms with van der Waals surface area (Å²) in [7, 11) is 1.52. The maximum absolute atomic E-state index is 11.2. The first-order chi connectivity index (χ1) is 13.6. The number of methoxy groups -OCH3 is 1. The number of nitro groups is 1. The second-order valence-electron chi connectivity index (χ2n) is 6.37. The van der Waals surface area contributed by atoms with E-state index in [9.17, 15) is 15.2 Å². The van der Waals surface area contributed by atoms with Gasteiger partial charge in [-0.2, -0.15) is 0 Å². The van der Waals surface area contributed by atoms with Crippen molar-refractivity contribution in [3.05, 3.63) is 76.0 Å². The number of phenolic OH excluding ortho intramolecular Hbond substituents is 1. The molecule has 6 nitrogen and oxygen atoms in total. The summed E-state index contributed by atoms with van der Waals surface area (Å²) in [6.07, 6.45) is 12.5. The van der Waals surface area contributed by atoms with E-state index in [1.165, 1.54) is 13.2 Å². The number of aromatic nitrogens is 1. The fourth-order valence-corrected chi connectivity index (χ4v) is 3.07. The fourth-order valence-electron chi connectivity index (χ4n) is 3.07. The van der Waals surface area contributed by atoms with Gasteiger partial charge in [-0.1, -0.05) is 36.4 Å². The molecule has 0 amide bonds. The van der Waals surface area contributed by atoms with Crippen LogP contribution in [0.25, 0.3) is 23.1 Å². The minimum Gasteiger partial charge on any atom is -0.504 e. The lowest BCUT2D eigenvalue weighted by Gasteiger charge is -2.03. The zero-order valence-corrected chi connectivity index (χ0v) is 15.6. The predicted molar refractivity (Wildman–Crippen MR) is 112 cm³/mol. The first-order valence-electron chi connectivity index (χ1n) is 9.04.